The molecule has 2 amide bonds. The summed E-state index contributed by atoms with van der Waals surface area (Å²) in [6.45, 7) is 0.620. The Balaban J connectivity index is 1.35. The molecule has 4 rings (SSSR count). The van der Waals surface area contributed by atoms with Crippen LogP contribution in [-0.4, -0.2) is 27.8 Å². The van der Waals surface area contributed by atoms with E-state index in [0.717, 1.165) is 25.0 Å². The van der Waals surface area contributed by atoms with Crippen LogP contribution in [0.2, 0.25) is 0 Å². The normalized spacial score (nSPS) is 15.9. The monoisotopic (exact) mass is 365 g/mol. The number of nitrogens with one attached hydrogen (secondary N) is 2. The van der Waals surface area contributed by atoms with Crippen molar-refractivity contribution in [3.8, 4) is 10.7 Å². The fraction of sp³-hybridized carbons (Fsp3) is 0.263. The fourth-order valence-electron chi connectivity index (χ4n) is 3.29. The average molecular weight is 365 g/mol. The fourth-order valence-corrected chi connectivity index (χ4v) is 4.01. The first kappa shape index (κ1) is 16.7. The van der Waals surface area contributed by atoms with Crippen LogP contribution >= 0.6 is 11.3 Å². The number of amides is 2. The Kier molecular flexibility index (Phi) is 4.88. The standard InChI is InChI=1S/C19H19N5OS/c25-18(21-12-14-8-5-7-13-6-1-2-9-15(13)14)22-19-24-23-17(26-19)16-10-3-4-11-20-16/h1-4,6,9-11,14H,5,7-8,12H2,(H2,21,22,24,25)/t14-/m1/s1. The quantitative estimate of drug-likeness (QED) is 0.736. The van der Waals surface area contributed by atoms with Gasteiger partial charge < -0.3 is 5.32 Å². The maximum Gasteiger partial charge on any atom is 0.321 e. The van der Waals surface area contributed by atoms with E-state index in [4.69, 9.17) is 0 Å². The van der Waals surface area contributed by atoms with Gasteiger partial charge in [0.15, 0.2) is 5.01 Å². The highest BCUT2D eigenvalue weighted by molar-refractivity contribution is 7.18. The van der Waals surface area contributed by atoms with Gasteiger partial charge in [0, 0.05) is 18.7 Å². The van der Waals surface area contributed by atoms with E-state index in [-0.39, 0.29) is 6.03 Å². The van der Waals surface area contributed by atoms with Crippen LogP contribution in [0.4, 0.5) is 9.93 Å². The highest BCUT2D eigenvalue weighted by Crippen LogP contribution is 2.31. The van der Waals surface area contributed by atoms with E-state index < -0.39 is 0 Å². The number of aryl methyl sites for hydroxylation is 1. The minimum absolute atomic E-state index is 0.253. The van der Waals surface area contributed by atoms with Crippen LogP contribution in [0.3, 0.4) is 0 Å². The van der Waals surface area contributed by atoms with Gasteiger partial charge in [-0.1, -0.05) is 41.7 Å². The number of aromatic nitrogens is 3. The lowest BCUT2D eigenvalue weighted by Crippen LogP contribution is -2.33. The molecule has 0 fully saturated rings. The Hall–Kier alpha value is -2.80. The molecular weight excluding hydrogens is 346 g/mol. The molecule has 2 aromatic heterocycles. The van der Waals surface area contributed by atoms with Crippen LogP contribution in [0.15, 0.2) is 48.7 Å². The number of pyridine rings is 1. The van der Waals surface area contributed by atoms with Crippen LogP contribution in [0, 0.1) is 0 Å². The number of benzene rings is 1. The van der Waals surface area contributed by atoms with Crippen LogP contribution in [0.25, 0.3) is 10.7 Å². The van der Waals surface area contributed by atoms with Gasteiger partial charge in [0.25, 0.3) is 0 Å². The van der Waals surface area contributed by atoms with Crippen LogP contribution in [0.5, 0.6) is 0 Å². The molecule has 0 bridgehead atoms. The maximum absolute atomic E-state index is 12.2. The zero-order valence-corrected chi connectivity index (χ0v) is 15.0. The molecule has 26 heavy (non-hydrogen) atoms. The van der Waals surface area contributed by atoms with E-state index >= 15 is 0 Å². The summed E-state index contributed by atoms with van der Waals surface area (Å²) < 4.78 is 0. The lowest BCUT2D eigenvalue weighted by Gasteiger charge is -2.25. The molecule has 0 radical (unpaired) electrons. The number of rotatable bonds is 4. The van der Waals surface area contributed by atoms with Crippen molar-refractivity contribution in [1.82, 2.24) is 20.5 Å². The average Bonchev–Trinajstić information content (AvgIpc) is 3.15. The molecule has 0 saturated heterocycles. The number of carbonyl (C=O) groups is 1. The van der Waals surface area contributed by atoms with E-state index in [0.29, 0.717) is 22.6 Å². The van der Waals surface area contributed by atoms with Gasteiger partial charge in [-0.05, 0) is 42.5 Å². The first-order chi connectivity index (χ1) is 12.8. The molecule has 0 saturated carbocycles. The first-order valence-corrected chi connectivity index (χ1v) is 9.49. The zero-order valence-electron chi connectivity index (χ0n) is 14.2. The Morgan fingerprint density at radius 3 is 2.92 bits per heavy atom. The van der Waals surface area contributed by atoms with Gasteiger partial charge >= 0.3 is 6.03 Å². The van der Waals surface area contributed by atoms with E-state index in [9.17, 15) is 4.79 Å². The smallest absolute Gasteiger partial charge is 0.321 e. The molecule has 132 valence electrons. The van der Waals surface area contributed by atoms with E-state index in [1.165, 1.54) is 22.5 Å². The summed E-state index contributed by atoms with van der Waals surface area (Å²) in [4.78, 5) is 16.5. The Morgan fingerprint density at radius 2 is 2.04 bits per heavy atom. The Labute approximate surface area is 155 Å². The van der Waals surface area contributed by atoms with Gasteiger partial charge in [-0.15, -0.1) is 10.2 Å². The number of carbonyl (C=O) groups excluding carboxylic acids is 1. The van der Waals surface area contributed by atoms with Crippen LogP contribution in [-0.2, 0) is 6.42 Å². The van der Waals surface area contributed by atoms with Gasteiger partial charge in [0.2, 0.25) is 5.13 Å². The third kappa shape index (κ3) is 3.72. The van der Waals surface area contributed by atoms with Crippen LogP contribution in [0.1, 0.15) is 29.9 Å². The lowest BCUT2D eigenvalue weighted by atomic mass is 9.83. The second kappa shape index (κ2) is 7.61. The highest BCUT2D eigenvalue weighted by atomic mass is 32.1. The lowest BCUT2D eigenvalue weighted by molar-refractivity contribution is 0.251. The van der Waals surface area contributed by atoms with Crippen molar-refractivity contribution in [1.29, 1.82) is 0 Å². The van der Waals surface area contributed by atoms with Crippen LogP contribution < -0.4 is 10.6 Å². The maximum atomic E-state index is 12.2. The summed E-state index contributed by atoms with van der Waals surface area (Å²) in [5.41, 5.74) is 3.50. The predicted molar refractivity (Wildman–Crippen MR) is 102 cm³/mol. The molecule has 2 heterocycles. The predicted octanol–water partition coefficient (Wildman–Crippen LogP) is 3.84. The van der Waals surface area contributed by atoms with Crippen molar-refractivity contribution in [3.05, 3.63) is 59.8 Å². The molecular formula is C19H19N5OS. The van der Waals surface area contributed by atoms with E-state index in [1.54, 1.807) is 6.20 Å². The molecule has 1 aliphatic rings. The molecule has 2 N–H and O–H groups in total. The second-order valence-corrected chi connectivity index (χ2v) is 7.23. The van der Waals surface area contributed by atoms with Crippen molar-refractivity contribution in [2.45, 2.75) is 25.2 Å². The Bertz CT molecular complexity index is 896. The van der Waals surface area contributed by atoms with Gasteiger partial charge in [0.1, 0.15) is 5.69 Å². The summed E-state index contributed by atoms with van der Waals surface area (Å²) in [6.07, 6.45) is 5.09. The SMILES string of the molecule is O=C(NC[C@H]1CCCc2ccccc21)Nc1nnc(-c2ccccn2)s1. The van der Waals surface area contributed by atoms with Gasteiger partial charge in [0.05, 0.1) is 0 Å². The third-order valence-corrected chi connectivity index (χ3v) is 5.39. The van der Waals surface area contributed by atoms with E-state index in [2.05, 4.69) is 50.1 Å². The number of fused-ring (bicyclic) bond motifs is 1. The summed E-state index contributed by atoms with van der Waals surface area (Å²) in [5.74, 6) is 0.365. The molecule has 1 aliphatic carbocycles. The minimum atomic E-state index is -0.253. The Morgan fingerprint density at radius 1 is 1.15 bits per heavy atom. The summed E-state index contributed by atoms with van der Waals surface area (Å²) in [7, 11) is 0. The largest absolute Gasteiger partial charge is 0.337 e. The third-order valence-electron chi connectivity index (χ3n) is 4.53. The molecule has 0 spiro atoms. The second-order valence-electron chi connectivity index (χ2n) is 6.25. The van der Waals surface area contributed by atoms with Gasteiger partial charge in [-0.2, -0.15) is 0 Å². The van der Waals surface area contributed by atoms with Crippen molar-refractivity contribution in [2.75, 3.05) is 11.9 Å². The number of urea groups is 1. The van der Waals surface area contributed by atoms with Gasteiger partial charge in [-0.25, -0.2) is 4.79 Å². The highest BCUT2D eigenvalue weighted by Gasteiger charge is 2.20. The van der Waals surface area contributed by atoms with E-state index in [1.807, 2.05) is 18.2 Å². The number of anilines is 1. The molecule has 6 nitrogen and oxygen atoms in total. The number of hydrogen-bond donors (Lipinski definition) is 2. The number of nitrogens with zero attached hydrogens (tertiary/aromatic N) is 3. The number of hydrogen-bond acceptors (Lipinski definition) is 5. The van der Waals surface area contributed by atoms with Crippen molar-refractivity contribution >= 4 is 22.5 Å². The summed E-state index contributed by atoms with van der Waals surface area (Å²) >= 11 is 1.31. The molecule has 3 aromatic rings. The molecule has 1 atom stereocenters. The molecule has 0 unspecified atom stereocenters. The van der Waals surface area contributed by atoms with Crippen molar-refractivity contribution in [2.24, 2.45) is 0 Å². The summed E-state index contributed by atoms with van der Waals surface area (Å²) in [5, 5.41) is 15.0. The molecule has 0 aliphatic heterocycles. The molecule has 1 aromatic carbocycles. The molecule has 7 heteroatoms. The van der Waals surface area contributed by atoms with Crippen molar-refractivity contribution < 1.29 is 4.79 Å². The zero-order chi connectivity index (χ0) is 17.8. The topological polar surface area (TPSA) is 79.8 Å². The minimum Gasteiger partial charge on any atom is -0.337 e. The first-order valence-electron chi connectivity index (χ1n) is 8.67. The van der Waals surface area contributed by atoms with Crippen molar-refractivity contribution in [3.63, 3.8) is 0 Å². The van der Waals surface area contributed by atoms with Gasteiger partial charge in [-0.3, -0.25) is 10.3 Å². The summed E-state index contributed by atoms with van der Waals surface area (Å²) in [6, 6.07) is 13.9.